The highest BCUT2D eigenvalue weighted by atomic mass is 16.4. The number of furan rings is 1. The van der Waals surface area contributed by atoms with Crippen LogP contribution >= 0.6 is 0 Å². The summed E-state index contributed by atoms with van der Waals surface area (Å²) in [7, 11) is 0. The summed E-state index contributed by atoms with van der Waals surface area (Å²) in [6.45, 7) is 4.16. The van der Waals surface area contributed by atoms with Gasteiger partial charge in [-0.25, -0.2) is 0 Å². The predicted octanol–water partition coefficient (Wildman–Crippen LogP) is 3.33. The lowest BCUT2D eigenvalue weighted by Gasteiger charge is -2.34. The van der Waals surface area contributed by atoms with Gasteiger partial charge in [0.25, 0.3) is 5.91 Å². The smallest absolute Gasteiger partial charge is 0.306 e. The van der Waals surface area contributed by atoms with Crippen LogP contribution in [0, 0.1) is 11.8 Å². The van der Waals surface area contributed by atoms with E-state index in [9.17, 15) is 19.5 Å². The van der Waals surface area contributed by atoms with Crippen molar-refractivity contribution in [2.45, 2.75) is 20.3 Å². The van der Waals surface area contributed by atoms with Crippen molar-refractivity contribution < 1.29 is 23.9 Å². The molecule has 1 aliphatic heterocycles. The zero-order valence-corrected chi connectivity index (χ0v) is 14.8. The molecule has 26 heavy (non-hydrogen) atoms. The van der Waals surface area contributed by atoms with Crippen LogP contribution in [0.4, 0.5) is 0 Å². The number of ketones is 1. The second-order valence-corrected chi connectivity index (χ2v) is 6.76. The Morgan fingerprint density at radius 3 is 2.38 bits per heavy atom. The average molecular weight is 355 g/mol. The van der Waals surface area contributed by atoms with Crippen LogP contribution in [0.15, 0.2) is 40.8 Å². The Kier molecular flexibility index (Phi) is 4.93. The van der Waals surface area contributed by atoms with Crippen LogP contribution in [-0.4, -0.2) is 40.8 Å². The first-order chi connectivity index (χ1) is 12.4. The first kappa shape index (κ1) is 17.9. The molecular weight excluding hydrogens is 334 g/mol. The molecule has 2 atom stereocenters. The Bertz CT molecular complexity index is 836. The Labute approximate surface area is 151 Å². The topological polar surface area (TPSA) is 87.8 Å². The molecule has 6 heteroatoms. The molecular formula is C20H21NO5. The largest absolute Gasteiger partial charge is 0.481 e. The maximum absolute atomic E-state index is 12.6. The minimum Gasteiger partial charge on any atom is -0.481 e. The molecule has 0 bridgehead atoms. The van der Waals surface area contributed by atoms with Crippen molar-refractivity contribution >= 4 is 17.7 Å². The summed E-state index contributed by atoms with van der Waals surface area (Å²) < 4.78 is 5.70. The number of hydrogen-bond acceptors (Lipinski definition) is 4. The van der Waals surface area contributed by atoms with Gasteiger partial charge >= 0.3 is 5.97 Å². The van der Waals surface area contributed by atoms with Crippen LogP contribution in [0.2, 0.25) is 0 Å². The third kappa shape index (κ3) is 3.54. The summed E-state index contributed by atoms with van der Waals surface area (Å²) in [5.74, 6) is -0.768. The van der Waals surface area contributed by atoms with Gasteiger partial charge in [0.05, 0.1) is 5.92 Å². The number of carbonyl (C=O) groups excluding carboxylic acids is 2. The normalized spacial score (nSPS) is 20.0. The number of amides is 1. The van der Waals surface area contributed by atoms with Gasteiger partial charge in [0, 0.05) is 24.2 Å². The van der Waals surface area contributed by atoms with E-state index >= 15 is 0 Å². The zero-order valence-electron chi connectivity index (χ0n) is 14.8. The third-order valence-electron chi connectivity index (χ3n) is 4.90. The fourth-order valence-corrected chi connectivity index (χ4v) is 3.33. The molecule has 1 N–H and O–H groups in total. The van der Waals surface area contributed by atoms with E-state index in [0.717, 1.165) is 5.56 Å². The van der Waals surface area contributed by atoms with E-state index in [0.29, 0.717) is 30.8 Å². The van der Waals surface area contributed by atoms with Crippen molar-refractivity contribution in [3.8, 4) is 11.3 Å². The number of benzene rings is 1. The molecule has 0 saturated carbocycles. The number of carbonyl (C=O) groups is 3. The van der Waals surface area contributed by atoms with Crippen LogP contribution in [-0.2, 0) is 4.79 Å². The van der Waals surface area contributed by atoms with Gasteiger partial charge in [0.1, 0.15) is 5.76 Å². The number of hydrogen-bond donors (Lipinski definition) is 1. The summed E-state index contributed by atoms with van der Waals surface area (Å²) in [5.41, 5.74) is 1.40. The molecule has 1 aromatic heterocycles. The van der Waals surface area contributed by atoms with E-state index in [1.165, 1.54) is 6.92 Å². The SMILES string of the molecule is CC(=O)c1ccc(-c2ccc(C(=O)N3CCC(C(=O)O)C(C)C3)o2)cc1. The van der Waals surface area contributed by atoms with Crippen LogP contribution in [0.3, 0.4) is 0 Å². The van der Waals surface area contributed by atoms with Crippen LogP contribution < -0.4 is 0 Å². The number of rotatable bonds is 4. The second-order valence-electron chi connectivity index (χ2n) is 6.76. The molecule has 0 spiro atoms. The Morgan fingerprint density at radius 2 is 1.81 bits per heavy atom. The van der Waals surface area contributed by atoms with Crippen molar-refractivity contribution in [3.05, 3.63) is 47.7 Å². The van der Waals surface area contributed by atoms with Crippen molar-refractivity contribution in [1.82, 2.24) is 4.90 Å². The van der Waals surface area contributed by atoms with E-state index in [1.54, 1.807) is 41.3 Å². The number of likely N-dealkylation sites (tertiary alicyclic amines) is 1. The lowest BCUT2D eigenvalue weighted by molar-refractivity contribution is -0.145. The van der Waals surface area contributed by atoms with E-state index in [2.05, 4.69) is 0 Å². The summed E-state index contributed by atoms with van der Waals surface area (Å²) in [4.78, 5) is 36.8. The minimum absolute atomic E-state index is 0.00857. The Balaban J connectivity index is 1.72. The van der Waals surface area contributed by atoms with Gasteiger partial charge in [-0.3, -0.25) is 14.4 Å². The lowest BCUT2D eigenvalue weighted by atomic mass is 9.87. The number of carboxylic acid groups (broad SMARTS) is 1. The molecule has 0 radical (unpaired) electrons. The molecule has 1 saturated heterocycles. The van der Waals surface area contributed by atoms with Crippen molar-refractivity contribution in [1.29, 1.82) is 0 Å². The van der Waals surface area contributed by atoms with E-state index in [4.69, 9.17) is 4.42 Å². The van der Waals surface area contributed by atoms with Crippen molar-refractivity contribution in [2.24, 2.45) is 11.8 Å². The van der Waals surface area contributed by atoms with Crippen molar-refractivity contribution in [3.63, 3.8) is 0 Å². The number of carboxylic acids is 1. The van der Waals surface area contributed by atoms with E-state index in [-0.39, 0.29) is 23.4 Å². The Hall–Kier alpha value is -2.89. The molecule has 0 aliphatic carbocycles. The van der Waals surface area contributed by atoms with Crippen molar-refractivity contribution in [2.75, 3.05) is 13.1 Å². The Morgan fingerprint density at radius 1 is 1.12 bits per heavy atom. The number of aliphatic carboxylic acids is 1. The predicted molar refractivity (Wildman–Crippen MR) is 95.0 cm³/mol. The molecule has 2 heterocycles. The molecule has 1 aromatic carbocycles. The molecule has 6 nitrogen and oxygen atoms in total. The van der Waals surface area contributed by atoms with Gasteiger partial charge < -0.3 is 14.4 Å². The summed E-state index contributed by atoms with van der Waals surface area (Å²) in [6, 6.07) is 10.4. The highest BCUT2D eigenvalue weighted by Gasteiger charge is 2.34. The standard InChI is InChI=1S/C20H21NO5/c1-12-11-21(10-9-16(12)20(24)25)19(23)18-8-7-17(26-18)15-5-3-14(4-6-15)13(2)22/h3-8,12,16H,9-11H2,1-2H3,(H,24,25). The van der Waals surface area contributed by atoms with Gasteiger partial charge in [-0.1, -0.05) is 31.2 Å². The van der Waals surface area contributed by atoms with Crippen LogP contribution in [0.5, 0.6) is 0 Å². The van der Waals surface area contributed by atoms with Gasteiger partial charge in [-0.15, -0.1) is 0 Å². The average Bonchev–Trinajstić information content (AvgIpc) is 3.10. The third-order valence-corrected chi connectivity index (χ3v) is 4.90. The lowest BCUT2D eigenvalue weighted by Crippen LogP contribution is -2.44. The fraction of sp³-hybridized carbons (Fsp3) is 0.350. The van der Waals surface area contributed by atoms with Crippen LogP contribution in [0.25, 0.3) is 11.3 Å². The van der Waals surface area contributed by atoms with E-state index < -0.39 is 11.9 Å². The highest BCUT2D eigenvalue weighted by molar-refractivity contribution is 5.94. The fourth-order valence-electron chi connectivity index (χ4n) is 3.33. The van der Waals surface area contributed by atoms with E-state index in [1.807, 2.05) is 6.92 Å². The summed E-state index contributed by atoms with van der Waals surface area (Å²) in [5, 5.41) is 9.19. The van der Waals surface area contributed by atoms with Gasteiger partial charge in [-0.05, 0) is 31.4 Å². The maximum atomic E-state index is 12.6. The van der Waals surface area contributed by atoms with Crippen LogP contribution in [0.1, 0.15) is 41.2 Å². The molecule has 3 rings (SSSR count). The number of Topliss-reactive ketones (excluding diaryl/α,β-unsaturated/α-hetero) is 1. The zero-order chi connectivity index (χ0) is 18.8. The second kappa shape index (κ2) is 7.15. The molecule has 1 amide bonds. The monoisotopic (exact) mass is 355 g/mol. The highest BCUT2D eigenvalue weighted by Crippen LogP contribution is 2.27. The summed E-state index contributed by atoms with van der Waals surface area (Å²) >= 11 is 0. The first-order valence-electron chi connectivity index (χ1n) is 8.60. The maximum Gasteiger partial charge on any atom is 0.306 e. The van der Waals surface area contributed by atoms with Gasteiger partial charge in [0.15, 0.2) is 11.5 Å². The minimum atomic E-state index is -0.807. The first-order valence-corrected chi connectivity index (χ1v) is 8.60. The molecule has 1 aliphatic rings. The number of piperidine rings is 1. The van der Waals surface area contributed by atoms with Gasteiger partial charge in [0.2, 0.25) is 0 Å². The van der Waals surface area contributed by atoms with Gasteiger partial charge in [-0.2, -0.15) is 0 Å². The quantitative estimate of drug-likeness (QED) is 0.850. The molecule has 1 fully saturated rings. The number of nitrogens with zero attached hydrogens (tertiary/aromatic N) is 1. The molecule has 2 unspecified atom stereocenters. The summed E-state index contributed by atoms with van der Waals surface area (Å²) in [6.07, 6.45) is 0.447. The molecule has 2 aromatic rings. The molecule has 136 valence electrons.